The predicted molar refractivity (Wildman–Crippen MR) is 111 cm³/mol. The van der Waals surface area contributed by atoms with Crippen molar-refractivity contribution >= 4 is 5.91 Å². The summed E-state index contributed by atoms with van der Waals surface area (Å²) in [5.41, 5.74) is 3.22. The van der Waals surface area contributed by atoms with Gasteiger partial charge in [0.1, 0.15) is 0 Å². The van der Waals surface area contributed by atoms with Gasteiger partial charge in [-0.05, 0) is 25.0 Å². The number of carbonyl (C=O) groups is 1. The molecule has 4 rings (SSSR count). The Morgan fingerprint density at radius 1 is 1.03 bits per heavy atom. The molecule has 0 N–H and O–H groups in total. The predicted octanol–water partition coefficient (Wildman–Crippen LogP) is 3.49. The van der Waals surface area contributed by atoms with E-state index in [0.29, 0.717) is 31.2 Å². The summed E-state index contributed by atoms with van der Waals surface area (Å²) in [7, 11) is 0. The molecule has 0 bridgehead atoms. The summed E-state index contributed by atoms with van der Waals surface area (Å²) < 4.78 is 5.52. The van der Waals surface area contributed by atoms with Crippen LogP contribution in [0, 0.1) is 6.92 Å². The molecular formula is C23H26N4O2. The van der Waals surface area contributed by atoms with E-state index >= 15 is 0 Å². The lowest BCUT2D eigenvalue weighted by atomic mass is 10.1. The maximum atomic E-state index is 12.7. The van der Waals surface area contributed by atoms with Gasteiger partial charge in [-0.2, -0.15) is 4.98 Å². The molecule has 0 aliphatic carbocycles. The van der Waals surface area contributed by atoms with E-state index in [4.69, 9.17) is 4.52 Å². The SMILES string of the molecule is Cc1ccccc1CC(=O)N1CCN(C(C)c2nc(-c3ccccc3)no2)CC1. The van der Waals surface area contributed by atoms with Gasteiger partial charge in [-0.25, -0.2) is 0 Å². The summed E-state index contributed by atoms with van der Waals surface area (Å²) in [6.07, 6.45) is 0.465. The zero-order chi connectivity index (χ0) is 20.2. The van der Waals surface area contributed by atoms with E-state index in [0.717, 1.165) is 24.2 Å². The maximum absolute atomic E-state index is 12.7. The molecule has 1 atom stereocenters. The van der Waals surface area contributed by atoms with Gasteiger partial charge < -0.3 is 9.42 Å². The van der Waals surface area contributed by atoms with E-state index < -0.39 is 0 Å². The van der Waals surface area contributed by atoms with Crippen LogP contribution in [0.1, 0.15) is 30.0 Å². The Morgan fingerprint density at radius 3 is 2.45 bits per heavy atom. The zero-order valence-corrected chi connectivity index (χ0v) is 16.9. The highest BCUT2D eigenvalue weighted by Crippen LogP contribution is 2.23. The van der Waals surface area contributed by atoms with Crippen molar-refractivity contribution in [1.82, 2.24) is 19.9 Å². The topological polar surface area (TPSA) is 62.5 Å². The van der Waals surface area contributed by atoms with Crippen LogP contribution in [0.2, 0.25) is 0 Å². The summed E-state index contributed by atoms with van der Waals surface area (Å²) in [6.45, 7) is 7.15. The molecule has 1 fully saturated rings. The van der Waals surface area contributed by atoms with Gasteiger partial charge >= 0.3 is 0 Å². The molecule has 29 heavy (non-hydrogen) atoms. The van der Waals surface area contributed by atoms with Crippen molar-refractivity contribution in [3.05, 3.63) is 71.6 Å². The second kappa shape index (κ2) is 8.57. The molecule has 3 aromatic rings. The number of aryl methyl sites for hydroxylation is 1. The van der Waals surface area contributed by atoms with Crippen molar-refractivity contribution in [3.63, 3.8) is 0 Å². The van der Waals surface area contributed by atoms with E-state index in [-0.39, 0.29) is 11.9 Å². The number of amides is 1. The summed E-state index contributed by atoms with van der Waals surface area (Å²) in [5.74, 6) is 1.42. The summed E-state index contributed by atoms with van der Waals surface area (Å²) in [5, 5.41) is 4.12. The molecule has 1 aliphatic heterocycles. The molecule has 2 aromatic carbocycles. The van der Waals surface area contributed by atoms with Crippen LogP contribution in [0.4, 0.5) is 0 Å². The Hall–Kier alpha value is -2.99. The lowest BCUT2D eigenvalue weighted by molar-refractivity contribution is -0.132. The van der Waals surface area contributed by atoms with Gasteiger partial charge in [-0.15, -0.1) is 0 Å². The van der Waals surface area contributed by atoms with Crippen molar-refractivity contribution in [2.75, 3.05) is 26.2 Å². The van der Waals surface area contributed by atoms with Gasteiger partial charge in [0, 0.05) is 31.7 Å². The molecular weight excluding hydrogens is 364 g/mol. The van der Waals surface area contributed by atoms with Gasteiger partial charge in [-0.1, -0.05) is 59.8 Å². The number of aromatic nitrogens is 2. The fraction of sp³-hybridized carbons (Fsp3) is 0.348. The Kier molecular flexibility index (Phi) is 5.71. The Morgan fingerprint density at radius 2 is 1.72 bits per heavy atom. The monoisotopic (exact) mass is 390 g/mol. The van der Waals surface area contributed by atoms with Crippen LogP contribution in [0.3, 0.4) is 0 Å². The molecule has 150 valence electrons. The standard InChI is InChI=1S/C23H26N4O2/c1-17-8-6-7-11-20(17)16-21(28)27-14-12-26(13-15-27)18(2)23-24-22(25-29-23)19-9-4-3-5-10-19/h3-11,18H,12-16H2,1-2H3. The number of carbonyl (C=O) groups excluding carboxylic acids is 1. The summed E-state index contributed by atoms with van der Waals surface area (Å²) in [4.78, 5) is 21.5. The quantitative estimate of drug-likeness (QED) is 0.667. The molecule has 1 saturated heterocycles. The molecule has 0 spiro atoms. The number of rotatable bonds is 5. The molecule has 1 aromatic heterocycles. The minimum atomic E-state index is 0.0218. The second-order valence-corrected chi connectivity index (χ2v) is 7.52. The Balaban J connectivity index is 1.34. The van der Waals surface area contributed by atoms with Crippen molar-refractivity contribution in [1.29, 1.82) is 0 Å². The number of benzene rings is 2. The van der Waals surface area contributed by atoms with Crippen LogP contribution < -0.4 is 0 Å². The van der Waals surface area contributed by atoms with E-state index in [1.807, 2.05) is 53.4 Å². The average molecular weight is 390 g/mol. The Bertz CT molecular complexity index is 962. The molecule has 1 unspecified atom stereocenters. The summed E-state index contributed by atoms with van der Waals surface area (Å²) >= 11 is 0. The van der Waals surface area contributed by atoms with E-state index in [2.05, 4.69) is 35.0 Å². The fourth-order valence-corrected chi connectivity index (χ4v) is 3.71. The van der Waals surface area contributed by atoms with E-state index in [1.165, 1.54) is 5.56 Å². The van der Waals surface area contributed by atoms with Crippen molar-refractivity contribution in [3.8, 4) is 11.4 Å². The normalized spacial score (nSPS) is 16.0. The van der Waals surface area contributed by atoms with Crippen molar-refractivity contribution in [2.24, 2.45) is 0 Å². The first-order valence-corrected chi connectivity index (χ1v) is 10.1. The fourth-order valence-electron chi connectivity index (χ4n) is 3.71. The maximum Gasteiger partial charge on any atom is 0.244 e. The molecule has 1 aliphatic rings. The van der Waals surface area contributed by atoms with Crippen LogP contribution in [0.15, 0.2) is 59.1 Å². The van der Waals surface area contributed by atoms with Crippen LogP contribution in [0.5, 0.6) is 0 Å². The van der Waals surface area contributed by atoms with E-state index in [9.17, 15) is 4.79 Å². The summed E-state index contributed by atoms with van der Waals surface area (Å²) in [6, 6.07) is 17.9. The first-order valence-electron chi connectivity index (χ1n) is 10.1. The Labute approximate surface area is 171 Å². The lowest BCUT2D eigenvalue weighted by Gasteiger charge is -2.37. The first kappa shape index (κ1) is 19.3. The van der Waals surface area contributed by atoms with Gasteiger partial charge in [0.2, 0.25) is 17.6 Å². The number of piperazine rings is 1. The lowest BCUT2D eigenvalue weighted by Crippen LogP contribution is -2.49. The van der Waals surface area contributed by atoms with E-state index in [1.54, 1.807) is 0 Å². The van der Waals surface area contributed by atoms with Gasteiger partial charge in [0.15, 0.2) is 0 Å². The molecule has 2 heterocycles. The van der Waals surface area contributed by atoms with Crippen LogP contribution in [0.25, 0.3) is 11.4 Å². The minimum Gasteiger partial charge on any atom is -0.340 e. The molecule has 6 heteroatoms. The highest BCUT2D eigenvalue weighted by Gasteiger charge is 2.27. The van der Waals surface area contributed by atoms with Crippen molar-refractivity contribution in [2.45, 2.75) is 26.3 Å². The van der Waals surface area contributed by atoms with Gasteiger partial charge in [-0.3, -0.25) is 9.69 Å². The highest BCUT2D eigenvalue weighted by molar-refractivity contribution is 5.79. The molecule has 1 amide bonds. The molecule has 0 radical (unpaired) electrons. The molecule has 0 saturated carbocycles. The first-order chi connectivity index (χ1) is 14.1. The van der Waals surface area contributed by atoms with Crippen LogP contribution in [-0.2, 0) is 11.2 Å². The van der Waals surface area contributed by atoms with Crippen LogP contribution in [-0.4, -0.2) is 52.0 Å². The zero-order valence-electron chi connectivity index (χ0n) is 16.9. The van der Waals surface area contributed by atoms with Crippen LogP contribution >= 0.6 is 0 Å². The third-order valence-electron chi connectivity index (χ3n) is 5.65. The number of hydrogen-bond donors (Lipinski definition) is 0. The minimum absolute atomic E-state index is 0.0218. The third kappa shape index (κ3) is 4.38. The molecule has 6 nitrogen and oxygen atoms in total. The second-order valence-electron chi connectivity index (χ2n) is 7.52. The average Bonchev–Trinajstić information content (AvgIpc) is 3.26. The smallest absolute Gasteiger partial charge is 0.244 e. The highest BCUT2D eigenvalue weighted by atomic mass is 16.5. The van der Waals surface area contributed by atoms with Crippen molar-refractivity contribution < 1.29 is 9.32 Å². The van der Waals surface area contributed by atoms with Gasteiger partial charge in [0.25, 0.3) is 0 Å². The number of hydrogen-bond acceptors (Lipinski definition) is 5. The third-order valence-corrected chi connectivity index (χ3v) is 5.65. The number of nitrogens with zero attached hydrogens (tertiary/aromatic N) is 4. The van der Waals surface area contributed by atoms with Gasteiger partial charge in [0.05, 0.1) is 12.5 Å². The largest absolute Gasteiger partial charge is 0.340 e.